The standard InChI is InChI=1S/C54H54F3N3/c1-50(2,3)33-15-21-45-40(26-33)41-27-34(51(4,5)6)16-22-46(41)59(45)44-20-13-32(31-58)25-39(44)38-19-14-37(54(55,56)57)30-49(38)60-47-23-17-35(52(7,8)9)28-42(47)43-29-36(53(10,11)12)18-24-48(43)60/h13-30H,1-12H3. The maximum Gasteiger partial charge on any atom is 0.416 e. The van der Waals surface area contributed by atoms with Crippen LogP contribution in [0.1, 0.15) is 116 Å². The van der Waals surface area contributed by atoms with Crippen LogP contribution < -0.4 is 0 Å². The van der Waals surface area contributed by atoms with Gasteiger partial charge in [-0.2, -0.15) is 18.4 Å². The molecule has 306 valence electrons. The summed E-state index contributed by atoms with van der Waals surface area (Å²) in [6, 6.07) is 37.9. The van der Waals surface area contributed by atoms with Crippen molar-refractivity contribution < 1.29 is 13.2 Å². The first-order valence-corrected chi connectivity index (χ1v) is 20.8. The number of benzene rings is 6. The van der Waals surface area contributed by atoms with Crippen LogP contribution in [0.2, 0.25) is 0 Å². The summed E-state index contributed by atoms with van der Waals surface area (Å²) in [6.07, 6.45) is -4.59. The van der Waals surface area contributed by atoms with Crippen molar-refractivity contribution in [3.05, 3.63) is 143 Å². The third-order valence-corrected chi connectivity index (χ3v) is 12.2. The fourth-order valence-corrected chi connectivity index (χ4v) is 8.57. The maximum absolute atomic E-state index is 14.9. The summed E-state index contributed by atoms with van der Waals surface area (Å²) in [4.78, 5) is 0. The van der Waals surface area contributed by atoms with Gasteiger partial charge >= 0.3 is 6.18 Å². The Labute approximate surface area is 352 Å². The van der Waals surface area contributed by atoms with Gasteiger partial charge in [0.15, 0.2) is 0 Å². The smallest absolute Gasteiger partial charge is 0.309 e. The van der Waals surface area contributed by atoms with E-state index in [0.717, 1.165) is 60.4 Å². The lowest BCUT2D eigenvalue weighted by Gasteiger charge is -2.22. The maximum atomic E-state index is 14.9. The van der Waals surface area contributed by atoms with Crippen molar-refractivity contribution in [1.82, 2.24) is 9.13 Å². The van der Waals surface area contributed by atoms with E-state index in [0.29, 0.717) is 22.4 Å². The summed E-state index contributed by atoms with van der Waals surface area (Å²) < 4.78 is 48.9. The number of hydrogen-bond donors (Lipinski definition) is 0. The monoisotopic (exact) mass is 801 g/mol. The summed E-state index contributed by atoms with van der Waals surface area (Å²) in [6.45, 7) is 26.3. The molecule has 0 saturated carbocycles. The second-order valence-corrected chi connectivity index (χ2v) is 20.7. The summed E-state index contributed by atoms with van der Waals surface area (Å²) in [7, 11) is 0. The van der Waals surface area contributed by atoms with Crippen molar-refractivity contribution in [2.75, 3.05) is 0 Å². The summed E-state index contributed by atoms with van der Waals surface area (Å²) in [5, 5.41) is 14.5. The van der Waals surface area contributed by atoms with Crippen molar-refractivity contribution in [2.45, 2.75) is 111 Å². The van der Waals surface area contributed by atoms with Crippen molar-refractivity contribution in [1.29, 1.82) is 5.26 Å². The van der Waals surface area contributed by atoms with Gasteiger partial charge < -0.3 is 9.13 Å². The molecular formula is C54H54F3N3. The van der Waals surface area contributed by atoms with Crippen LogP contribution in [-0.4, -0.2) is 9.13 Å². The van der Waals surface area contributed by atoms with Crippen LogP contribution >= 0.6 is 0 Å². The number of halogens is 3. The number of aromatic nitrogens is 2. The first-order valence-electron chi connectivity index (χ1n) is 20.8. The van der Waals surface area contributed by atoms with Gasteiger partial charge in [-0.05, 0) is 123 Å². The molecule has 3 nitrogen and oxygen atoms in total. The zero-order valence-electron chi connectivity index (χ0n) is 36.9. The van der Waals surface area contributed by atoms with Gasteiger partial charge in [-0.3, -0.25) is 0 Å². The molecule has 0 spiro atoms. The molecule has 0 unspecified atom stereocenters. The van der Waals surface area contributed by atoms with Crippen LogP contribution in [-0.2, 0) is 27.8 Å². The van der Waals surface area contributed by atoms with E-state index in [4.69, 9.17) is 0 Å². The zero-order chi connectivity index (χ0) is 43.5. The molecule has 0 bridgehead atoms. The Balaban J connectivity index is 1.51. The highest BCUT2D eigenvalue weighted by molar-refractivity contribution is 6.12. The molecule has 6 aromatic carbocycles. The molecule has 0 amide bonds. The fraction of sp³-hybridized carbons (Fsp3) is 0.315. The molecule has 2 aromatic heterocycles. The molecule has 6 heteroatoms. The van der Waals surface area contributed by atoms with Crippen LogP contribution in [0.4, 0.5) is 13.2 Å². The molecule has 8 rings (SSSR count). The molecule has 0 N–H and O–H groups in total. The molecule has 0 aliphatic rings. The molecule has 60 heavy (non-hydrogen) atoms. The molecular weight excluding hydrogens is 748 g/mol. The van der Waals surface area contributed by atoms with Crippen molar-refractivity contribution in [3.8, 4) is 28.6 Å². The number of fused-ring (bicyclic) bond motifs is 6. The zero-order valence-corrected chi connectivity index (χ0v) is 36.9. The van der Waals surface area contributed by atoms with Crippen LogP contribution in [0, 0.1) is 11.3 Å². The molecule has 0 aliphatic carbocycles. The van der Waals surface area contributed by atoms with Gasteiger partial charge in [-0.1, -0.05) is 113 Å². The van der Waals surface area contributed by atoms with Gasteiger partial charge in [0.1, 0.15) is 0 Å². The Bertz CT molecular complexity index is 2920. The lowest BCUT2D eigenvalue weighted by Crippen LogP contribution is -2.11. The van der Waals surface area contributed by atoms with Gasteiger partial charge in [-0.15, -0.1) is 0 Å². The van der Waals surface area contributed by atoms with E-state index in [2.05, 4.69) is 167 Å². The van der Waals surface area contributed by atoms with Gasteiger partial charge in [0, 0.05) is 32.7 Å². The summed E-state index contributed by atoms with van der Waals surface area (Å²) >= 11 is 0. The number of alkyl halides is 3. The molecule has 0 saturated heterocycles. The van der Waals surface area contributed by atoms with E-state index >= 15 is 0 Å². The predicted molar refractivity (Wildman–Crippen MR) is 245 cm³/mol. The second kappa shape index (κ2) is 13.6. The van der Waals surface area contributed by atoms with Crippen molar-refractivity contribution in [2.24, 2.45) is 0 Å². The van der Waals surface area contributed by atoms with E-state index in [1.807, 2.05) is 16.7 Å². The predicted octanol–water partition coefficient (Wildman–Crippen LogP) is 15.6. The lowest BCUT2D eigenvalue weighted by molar-refractivity contribution is -0.137. The average Bonchev–Trinajstić information content (AvgIpc) is 3.67. The van der Waals surface area contributed by atoms with Crippen molar-refractivity contribution in [3.63, 3.8) is 0 Å². The van der Waals surface area contributed by atoms with E-state index < -0.39 is 11.7 Å². The average molecular weight is 802 g/mol. The molecule has 0 atom stereocenters. The number of nitriles is 1. The van der Waals surface area contributed by atoms with E-state index in [9.17, 15) is 18.4 Å². The van der Waals surface area contributed by atoms with Gasteiger partial charge in [0.25, 0.3) is 0 Å². The number of rotatable bonds is 3. The minimum Gasteiger partial charge on any atom is -0.309 e. The fourth-order valence-electron chi connectivity index (χ4n) is 8.57. The molecule has 2 heterocycles. The van der Waals surface area contributed by atoms with Crippen LogP contribution in [0.3, 0.4) is 0 Å². The Morgan fingerprint density at radius 1 is 0.383 bits per heavy atom. The quantitative estimate of drug-likeness (QED) is 0.175. The number of hydrogen-bond acceptors (Lipinski definition) is 1. The van der Waals surface area contributed by atoms with Gasteiger partial charge in [-0.25, -0.2) is 0 Å². The SMILES string of the molecule is CC(C)(C)c1ccc2c(c1)c1cc(C(C)(C)C)ccc1n2-c1ccc(C#N)cc1-c1ccc(C(F)(F)F)cc1-n1c2ccc(C(C)(C)C)cc2c2cc(C(C)(C)C)ccc21. The van der Waals surface area contributed by atoms with Crippen molar-refractivity contribution >= 4 is 43.6 Å². The Hall–Kier alpha value is -5.80. The minimum atomic E-state index is -4.59. The van der Waals surface area contributed by atoms with E-state index in [1.165, 1.54) is 23.3 Å². The third-order valence-electron chi connectivity index (χ3n) is 12.2. The van der Waals surface area contributed by atoms with E-state index in [-0.39, 0.29) is 21.7 Å². The minimum absolute atomic E-state index is 0.0947. The second-order valence-electron chi connectivity index (χ2n) is 20.7. The molecule has 0 radical (unpaired) electrons. The largest absolute Gasteiger partial charge is 0.416 e. The third kappa shape index (κ3) is 6.96. The van der Waals surface area contributed by atoms with Gasteiger partial charge in [0.2, 0.25) is 0 Å². The first-order chi connectivity index (χ1) is 27.9. The summed E-state index contributed by atoms with van der Waals surface area (Å²) in [5.41, 5.74) is 9.84. The first kappa shape index (κ1) is 41.0. The molecule has 0 fully saturated rings. The highest BCUT2D eigenvalue weighted by Crippen LogP contribution is 2.45. The highest BCUT2D eigenvalue weighted by Gasteiger charge is 2.33. The number of nitrogens with zero attached hydrogens (tertiary/aromatic N) is 3. The summed E-state index contributed by atoms with van der Waals surface area (Å²) in [5.74, 6) is 0. The van der Waals surface area contributed by atoms with Crippen LogP contribution in [0.5, 0.6) is 0 Å². The molecule has 0 aliphatic heterocycles. The lowest BCUT2D eigenvalue weighted by atomic mass is 9.85. The normalized spacial score (nSPS) is 13.2. The van der Waals surface area contributed by atoms with Crippen LogP contribution in [0.15, 0.2) is 109 Å². The van der Waals surface area contributed by atoms with E-state index in [1.54, 1.807) is 12.1 Å². The Morgan fingerprint density at radius 3 is 1.07 bits per heavy atom. The Kier molecular flexibility index (Phi) is 9.29. The van der Waals surface area contributed by atoms with Gasteiger partial charge in [0.05, 0.1) is 50.6 Å². The highest BCUT2D eigenvalue weighted by atomic mass is 19.4. The molecule has 8 aromatic rings. The Morgan fingerprint density at radius 2 is 0.733 bits per heavy atom. The topological polar surface area (TPSA) is 33.6 Å². The van der Waals surface area contributed by atoms with Crippen LogP contribution in [0.25, 0.3) is 66.1 Å².